The SMILES string of the molecule is COC(=O)c1c(N)c(C#N)cn1-c1ccc(N2CCOCC2)c(C)c1. The van der Waals surface area contributed by atoms with Crippen LogP contribution < -0.4 is 10.6 Å². The molecule has 2 aromatic rings. The molecule has 0 unspecified atom stereocenters. The average molecular weight is 340 g/mol. The van der Waals surface area contributed by atoms with E-state index in [2.05, 4.69) is 4.90 Å². The van der Waals surface area contributed by atoms with Gasteiger partial charge in [0.1, 0.15) is 6.07 Å². The number of carbonyl (C=O) groups is 1. The highest BCUT2D eigenvalue weighted by atomic mass is 16.5. The van der Waals surface area contributed by atoms with Crippen LogP contribution in [0.2, 0.25) is 0 Å². The van der Waals surface area contributed by atoms with Crippen LogP contribution in [0.3, 0.4) is 0 Å². The van der Waals surface area contributed by atoms with Crippen LogP contribution in [0.5, 0.6) is 0 Å². The number of hydrogen-bond donors (Lipinski definition) is 1. The molecule has 0 radical (unpaired) electrons. The summed E-state index contributed by atoms with van der Waals surface area (Å²) < 4.78 is 11.8. The molecular formula is C18H20N4O3. The molecule has 0 bridgehead atoms. The number of benzene rings is 1. The van der Waals surface area contributed by atoms with Crippen molar-refractivity contribution in [3.8, 4) is 11.8 Å². The van der Waals surface area contributed by atoms with Gasteiger partial charge in [0.15, 0.2) is 5.69 Å². The van der Waals surface area contributed by atoms with Gasteiger partial charge in [-0.2, -0.15) is 5.26 Å². The first-order valence-electron chi connectivity index (χ1n) is 7.99. The Kier molecular flexibility index (Phi) is 4.63. The second-order valence-electron chi connectivity index (χ2n) is 5.85. The lowest BCUT2D eigenvalue weighted by Gasteiger charge is -2.30. The predicted octanol–water partition coefficient (Wildman–Crippen LogP) is 1.86. The molecule has 1 saturated heterocycles. The Balaban J connectivity index is 2.04. The second kappa shape index (κ2) is 6.87. The molecule has 2 heterocycles. The Labute approximate surface area is 146 Å². The monoisotopic (exact) mass is 340 g/mol. The van der Waals surface area contributed by atoms with Crippen LogP contribution in [0.1, 0.15) is 21.6 Å². The van der Waals surface area contributed by atoms with Crippen molar-refractivity contribution in [1.29, 1.82) is 5.26 Å². The first-order chi connectivity index (χ1) is 12.1. The quantitative estimate of drug-likeness (QED) is 0.857. The van der Waals surface area contributed by atoms with Crippen LogP contribution >= 0.6 is 0 Å². The summed E-state index contributed by atoms with van der Waals surface area (Å²) in [5, 5.41) is 9.21. The maximum atomic E-state index is 12.1. The van der Waals surface area contributed by atoms with Crippen molar-refractivity contribution < 1.29 is 14.3 Å². The van der Waals surface area contributed by atoms with Crippen molar-refractivity contribution in [2.24, 2.45) is 0 Å². The molecule has 7 nitrogen and oxygen atoms in total. The topological polar surface area (TPSA) is 93.5 Å². The number of nitrogens with zero attached hydrogens (tertiary/aromatic N) is 3. The lowest BCUT2D eigenvalue weighted by atomic mass is 10.1. The van der Waals surface area contributed by atoms with Gasteiger partial charge in [-0.25, -0.2) is 4.79 Å². The fourth-order valence-electron chi connectivity index (χ4n) is 3.07. The zero-order chi connectivity index (χ0) is 18.0. The van der Waals surface area contributed by atoms with Crippen LogP contribution in [0.25, 0.3) is 5.69 Å². The van der Waals surface area contributed by atoms with Crippen LogP contribution in [-0.2, 0) is 9.47 Å². The molecule has 3 rings (SSSR count). The molecule has 7 heteroatoms. The Morgan fingerprint density at radius 1 is 1.36 bits per heavy atom. The molecule has 0 spiro atoms. The maximum absolute atomic E-state index is 12.1. The van der Waals surface area contributed by atoms with E-state index in [0.717, 1.165) is 30.0 Å². The maximum Gasteiger partial charge on any atom is 0.357 e. The summed E-state index contributed by atoms with van der Waals surface area (Å²) in [6.45, 7) is 5.15. The number of morpholine rings is 1. The van der Waals surface area contributed by atoms with E-state index in [9.17, 15) is 10.1 Å². The van der Waals surface area contributed by atoms with Crippen molar-refractivity contribution in [3.05, 3.63) is 41.2 Å². The van der Waals surface area contributed by atoms with Gasteiger partial charge in [-0.1, -0.05) is 0 Å². The van der Waals surface area contributed by atoms with Crippen LogP contribution in [-0.4, -0.2) is 43.9 Å². The Bertz CT molecular complexity index is 845. The van der Waals surface area contributed by atoms with Gasteiger partial charge in [0.2, 0.25) is 0 Å². The number of hydrogen-bond acceptors (Lipinski definition) is 6. The predicted molar refractivity (Wildman–Crippen MR) is 94.0 cm³/mol. The van der Waals surface area contributed by atoms with E-state index < -0.39 is 5.97 Å². The number of aryl methyl sites for hydroxylation is 1. The standard InChI is InChI=1S/C18H20N4O3/c1-12-9-14(3-4-15(12)21-5-7-25-8-6-21)22-11-13(10-19)16(20)17(22)18(23)24-2/h3-4,9,11H,5-8,20H2,1-2H3. The smallest absolute Gasteiger partial charge is 0.357 e. The van der Waals surface area contributed by atoms with Crippen molar-refractivity contribution in [2.45, 2.75) is 6.92 Å². The van der Waals surface area contributed by atoms with E-state index in [0.29, 0.717) is 13.2 Å². The summed E-state index contributed by atoms with van der Waals surface area (Å²) in [6, 6.07) is 7.90. The van der Waals surface area contributed by atoms with Crippen molar-refractivity contribution >= 4 is 17.3 Å². The molecule has 0 saturated carbocycles. The molecule has 1 fully saturated rings. The molecule has 1 aliphatic rings. The van der Waals surface area contributed by atoms with Gasteiger partial charge in [-0.05, 0) is 30.7 Å². The summed E-state index contributed by atoms with van der Waals surface area (Å²) >= 11 is 0. The number of ether oxygens (including phenoxy) is 2. The summed E-state index contributed by atoms with van der Waals surface area (Å²) in [7, 11) is 1.29. The number of carbonyl (C=O) groups excluding carboxylic acids is 1. The minimum Gasteiger partial charge on any atom is -0.464 e. The number of nitriles is 1. The summed E-state index contributed by atoms with van der Waals surface area (Å²) in [5.74, 6) is -0.575. The number of methoxy groups -OCH3 is 1. The van der Waals surface area contributed by atoms with Gasteiger partial charge in [0.25, 0.3) is 0 Å². The zero-order valence-corrected chi connectivity index (χ0v) is 14.3. The molecule has 1 aliphatic heterocycles. The van der Waals surface area contributed by atoms with Gasteiger partial charge >= 0.3 is 5.97 Å². The van der Waals surface area contributed by atoms with Gasteiger partial charge in [-0.3, -0.25) is 0 Å². The lowest BCUT2D eigenvalue weighted by molar-refractivity contribution is 0.0593. The highest BCUT2D eigenvalue weighted by molar-refractivity contribution is 5.96. The normalized spacial score (nSPS) is 14.2. The summed E-state index contributed by atoms with van der Waals surface area (Å²) in [4.78, 5) is 14.4. The fourth-order valence-corrected chi connectivity index (χ4v) is 3.07. The number of nitrogen functional groups attached to an aromatic ring is 1. The third-order valence-corrected chi connectivity index (χ3v) is 4.35. The van der Waals surface area contributed by atoms with E-state index in [4.69, 9.17) is 15.2 Å². The lowest BCUT2D eigenvalue weighted by Crippen LogP contribution is -2.36. The van der Waals surface area contributed by atoms with E-state index in [-0.39, 0.29) is 16.9 Å². The molecular weight excluding hydrogens is 320 g/mol. The minimum atomic E-state index is -0.575. The third kappa shape index (κ3) is 3.04. The van der Waals surface area contributed by atoms with Crippen LogP contribution in [0.4, 0.5) is 11.4 Å². The number of aromatic nitrogens is 1. The van der Waals surface area contributed by atoms with E-state index in [1.165, 1.54) is 7.11 Å². The highest BCUT2D eigenvalue weighted by Gasteiger charge is 2.22. The number of nitrogens with two attached hydrogens (primary N) is 1. The third-order valence-electron chi connectivity index (χ3n) is 4.35. The summed E-state index contributed by atoms with van der Waals surface area (Å²) in [6.07, 6.45) is 1.56. The first kappa shape index (κ1) is 16.9. The van der Waals surface area contributed by atoms with Gasteiger partial charge in [0.05, 0.1) is 31.6 Å². The largest absolute Gasteiger partial charge is 0.464 e. The molecule has 0 amide bonds. The second-order valence-corrected chi connectivity index (χ2v) is 5.85. The van der Waals surface area contributed by atoms with E-state index >= 15 is 0 Å². The summed E-state index contributed by atoms with van der Waals surface area (Å²) in [5.41, 5.74) is 9.44. The molecule has 0 aliphatic carbocycles. The number of anilines is 2. The fraction of sp³-hybridized carbons (Fsp3) is 0.333. The van der Waals surface area contributed by atoms with Crippen LogP contribution in [0, 0.1) is 18.3 Å². The first-order valence-corrected chi connectivity index (χ1v) is 7.99. The minimum absolute atomic E-state index is 0.129. The Hall–Kier alpha value is -2.98. The van der Waals surface area contributed by atoms with Crippen LogP contribution in [0.15, 0.2) is 24.4 Å². The van der Waals surface area contributed by atoms with Gasteiger partial charge in [-0.15, -0.1) is 0 Å². The van der Waals surface area contributed by atoms with Crippen molar-refractivity contribution in [2.75, 3.05) is 44.0 Å². The Morgan fingerprint density at radius 3 is 2.68 bits per heavy atom. The number of esters is 1. The molecule has 1 aromatic heterocycles. The molecule has 25 heavy (non-hydrogen) atoms. The van der Waals surface area contributed by atoms with Gasteiger partial charge < -0.3 is 24.7 Å². The molecule has 1 aromatic carbocycles. The van der Waals surface area contributed by atoms with Gasteiger partial charge in [0, 0.05) is 30.7 Å². The average Bonchev–Trinajstić information content (AvgIpc) is 2.98. The molecule has 2 N–H and O–H groups in total. The van der Waals surface area contributed by atoms with Crippen molar-refractivity contribution in [1.82, 2.24) is 4.57 Å². The van der Waals surface area contributed by atoms with E-state index in [1.807, 2.05) is 31.2 Å². The van der Waals surface area contributed by atoms with Crippen molar-refractivity contribution in [3.63, 3.8) is 0 Å². The molecule has 0 atom stereocenters. The molecule has 130 valence electrons. The highest BCUT2D eigenvalue weighted by Crippen LogP contribution is 2.28. The zero-order valence-electron chi connectivity index (χ0n) is 14.3. The van der Waals surface area contributed by atoms with E-state index in [1.54, 1.807) is 10.8 Å². The number of rotatable bonds is 3. The Morgan fingerprint density at radius 2 is 2.08 bits per heavy atom.